The molecule has 0 saturated carbocycles. The fraction of sp³-hybridized carbons (Fsp3) is 0.278. The van der Waals surface area contributed by atoms with E-state index in [-0.39, 0.29) is 23.4 Å². The second-order valence-corrected chi connectivity index (χ2v) is 8.39. The molecule has 1 saturated heterocycles. The van der Waals surface area contributed by atoms with Gasteiger partial charge in [-0.1, -0.05) is 11.6 Å². The Morgan fingerprint density at radius 2 is 2.00 bits per heavy atom. The van der Waals surface area contributed by atoms with Crippen LogP contribution in [0.1, 0.15) is 12.0 Å². The van der Waals surface area contributed by atoms with Crippen LogP contribution in [0.3, 0.4) is 0 Å². The van der Waals surface area contributed by atoms with E-state index in [2.05, 4.69) is 12.6 Å². The zero-order valence-corrected chi connectivity index (χ0v) is 16.6. The highest BCUT2D eigenvalue weighted by atomic mass is 35.5. The predicted octanol–water partition coefficient (Wildman–Crippen LogP) is 2.78. The third-order valence-electron chi connectivity index (χ3n) is 3.90. The zero-order chi connectivity index (χ0) is 20.0. The van der Waals surface area contributed by atoms with Gasteiger partial charge in [0.05, 0.1) is 23.1 Å². The molecule has 1 heterocycles. The first kappa shape index (κ1) is 21.8. The van der Waals surface area contributed by atoms with E-state index in [1.807, 2.05) is 24.3 Å². The minimum atomic E-state index is -1.75. The Labute approximate surface area is 170 Å². The van der Waals surface area contributed by atoms with Crippen LogP contribution in [-0.2, 0) is 11.0 Å². The van der Waals surface area contributed by atoms with Crippen molar-refractivity contribution in [1.29, 1.82) is 5.26 Å². The number of aliphatic hydroxyl groups excluding tert-OH is 1. The summed E-state index contributed by atoms with van der Waals surface area (Å²) in [6.07, 6.45) is 0.285. The van der Waals surface area contributed by atoms with E-state index < -0.39 is 29.0 Å². The van der Waals surface area contributed by atoms with Crippen molar-refractivity contribution in [2.75, 3.05) is 19.7 Å². The average Bonchev–Trinajstić information content (AvgIpc) is 3.07. The van der Waals surface area contributed by atoms with Crippen molar-refractivity contribution >= 4 is 35.2 Å². The number of hydrogen-bond acceptors (Lipinski definition) is 5. The van der Waals surface area contributed by atoms with E-state index in [0.29, 0.717) is 6.54 Å². The highest BCUT2D eigenvalue weighted by Gasteiger charge is 2.38. The molecule has 0 spiro atoms. The third-order valence-corrected chi connectivity index (χ3v) is 5.94. The van der Waals surface area contributed by atoms with Crippen molar-refractivity contribution in [3.8, 4) is 6.07 Å². The molecule has 2 unspecified atom stereocenters. The number of nitrogens with zero attached hydrogens (tertiary/aromatic N) is 2. The highest BCUT2D eigenvalue weighted by molar-refractivity contribution is 7.82. The maximum atomic E-state index is 13.7. The fourth-order valence-corrected chi connectivity index (χ4v) is 3.96. The maximum absolute atomic E-state index is 13.7. The zero-order valence-electron chi connectivity index (χ0n) is 14.2. The molecule has 5 nitrogen and oxygen atoms in total. The SMILES string of the molecule is N#Cc1ccc(S(=O)N2CCC(O)(CO)C2)c(F)c1.Sc1ccc(Cl)cc1. The van der Waals surface area contributed by atoms with E-state index in [1.54, 1.807) is 6.07 Å². The number of rotatable bonds is 3. The Hall–Kier alpha value is -1.47. The van der Waals surface area contributed by atoms with Crippen molar-refractivity contribution in [3.63, 3.8) is 0 Å². The second-order valence-electron chi connectivity index (χ2n) is 5.98. The fourth-order valence-electron chi connectivity index (χ4n) is 2.38. The van der Waals surface area contributed by atoms with Gasteiger partial charge in [0.1, 0.15) is 22.4 Å². The number of β-amino-alcohol motifs (C(OH)–C–C–N with tert-alkyl or cyclic N) is 1. The van der Waals surface area contributed by atoms with Crippen molar-refractivity contribution in [2.45, 2.75) is 21.8 Å². The topological polar surface area (TPSA) is 84.6 Å². The minimum Gasteiger partial charge on any atom is -0.393 e. The lowest BCUT2D eigenvalue weighted by Gasteiger charge is -2.20. The molecule has 2 N–H and O–H groups in total. The first-order valence-electron chi connectivity index (χ1n) is 7.92. The quantitative estimate of drug-likeness (QED) is 0.656. The minimum absolute atomic E-state index is 0.0234. The largest absolute Gasteiger partial charge is 0.393 e. The predicted molar refractivity (Wildman–Crippen MR) is 104 cm³/mol. The summed E-state index contributed by atoms with van der Waals surface area (Å²) >= 11 is 9.65. The molecule has 3 rings (SSSR count). The van der Waals surface area contributed by atoms with Crippen molar-refractivity contribution in [1.82, 2.24) is 4.31 Å². The summed E-state index contributed by atoms with van der Waals surface area (Å²) in [4.78, 5) is 0.913. The summed E-state index contributed by atoms with van der Waals surface area (Å²) in [5.41, 5.74) is -1.12. The van der Waals surface area contributed by atoms with E-state index in [1.165, 1.54) is 16.4 Å². The van der Waals surface area contributed by atoms with Gasteiger partial charge in [-0.05, 0) is 48.9 Å². The molecule has 0 amide bonds. The van der Waals surface area contributed by atoms with Gasteiger partial charge in [-0.15, -0.1) is 12.6 Å². The lowest BCUT2D eigenvalue weighted by atomic mass is 10.1. The van der Waals surface area contributed by atoms with Gasteiger partial charge in [0, 0.05) is 23.0 Å². The number of thiol groups is 1. The molecular weight excluding hydrogens is 411 g/mol. The van der Waals surface area contributed by atoms with Crippen LogP contribution in [0.4, 0.5) is 4.39 Å². The first-order valence-corrected chi connectivity index (χ1v) is 9.85. The third kappa shape index (κ3) is 6.01. The molecule has 2 aromatic carbocycles. The van der Waals surface area contributed by atoms with Crippen LogP contribution in [0.5, 0.6) is 0 Å². The van der Waals surface area contributed by atoms with Crippen molar-refractivity contribution in [2.24, 2.45) is 0 Å². The summed E-state index contributed by atoms with van der Waals surface area (Å²) in [5, 5.41) is 28.3. The number of aliphatic hydroxyl groups is 2. The Bertz CT molecular complexity index is 840. The highest BCUT2D eigenvalue weighted by Crippen LogP contribution is 2.26. The molecular formula is C18H18ClFN2O3S2. The molecule has 0 radical (unpaired) electrons. The van der Waals surface area contributed by atoms with E-state index in [4.69, 9.17) is 22.0 Å². The van der Waals surface area contributed by atoms with Gasteiger partial charge in [0.25, 0.3) is 0 Å². The van der Waals surface area contributed by atoms with E-state index >= 15 is 0 Å². The molecule has 9 heteroatoms. The average molecular weight is 429 g/mol. The van der Waals surface area contributed by atoms with Gasteiger partial charge in [-0.3, -0.25) is 0 Å². The molecule has 2 aromatic rings. The van der Waals surface area contributed by atoms with Crippen molar-refractivity contribution < 1.29 is 18.8 Å². The first-order chi connectivity index (χ1) is 12.8. The molecule has 144 valence electrons. The second kappa shape index (κ2) is 9.64. The Morgan fingerprint density at radius 3 is 2.48 bits per heavy atom. The summed E-state index contributed by atoms with van der Waals surface area (Å²) < 4.78 is 27.3. The van der Waals surface area contributed by atoms with Gasteiger partial charge in [-0.2, -0.15) is 5.26 Å². The van der Waals surface area contributed by atoms with Gasteiger partial charge in [0.15, 0.2) is 0 Å². The molecule has 1 aliphatic heterocycles. The Balaban J connectivity index is 0.000000273. The maximum Gasteiger partial charge on any atom is 0.142 e. The van der Waals surface area contributed by atoms with Crippen LogP contribution < -0.4 is 0 Å². The summed E-state index contributed by atoms with van der Waals surface area (Å²) in [5.74, 6) is -0.711. The van der Waals surface area contributed by atoms with Crippen molar-refractivity contribution in [3.05, 3.63) is 58.9 Å². The Kier molecular flexibility index (Phi) is 7.79. The lowest BCUT2D eigenvalue weighted by Crippen LogP contribution is -2.37. The number of hydrogen-bond donors (Lipinski definition) is 3. The number of nitriles is 1. The molecule has 0 aromatic heterocycles. The Morgan fingerprint density at radius 1 is 1.33 bits per heavy atom. The smallest absolute Gasteiger partial charge is 0.142 e. The molecule has 2 atom stereocenters. The summed E-state index contributed by atoms with van der Waals surface area (Å²) in [6, 6.07) is 12.9. The van der Waals surface area contributed by atoms with Crippen LogP contribution in [0, 0.1) is 17.1 Å². The van der Waals surface area contributed by atoms with Gasteiger partial charge in [0.2, 0.25) is 0 Å². The normalized spacial score (nSPS) is 20.4. The van der Waals surface area contributed by atoms with Crippen LogP contribution in [0.2, 0.25) is 5.02 Å². The number of halogens is 2. The summed E-state index contributed by atoms with van der Waals surface area (Å²) in [7, 11) is -1.75. The molecule has 27 heavy (non-hydrogen) atoms. The van der Waals surface area contributed by atoms with Crippen LogP contribution in [0.15, 0.2) is 52.3 Å². The standard InChI is InChI=1S/C12H13FN2O3S.C6H5ClS/c13-10-5-9(6-14)1-2-11(10)19(18)15-4-3-12(17,7-15)8-16;7-5-1-3-6(8)4-2-5/h1-2,5,16-17H,3-4,7-8H2;1-4,8H. The number of benzene rings is 2. The lowest BCUT2D eigenvalue weighted by molar-refractivity contribution is -0.000510. The molecule has 0 bridgehead atoms. The van der Waals surface area contributed by atoms with Crippen LogP contribution in [0.25, 0.3) is 0 Å². The van der Waals surface area contributed by atoms with Crippen LogP contribution >= 0.6 is 24.2 Å². The van der Waals surface area contributed by atoms with Gasteiger partial charge in [-0.25, -0.2) is 12.9 Å². The van der Waals surface area contributed by atoms with E-state index in [0.717, 1.165) is 16.0 Å². The molecule has 0 aliphatic carbocycles. The van der Waals surface area contributed by atoms with Gasteiger partial charge < -0.3 is 10.2 Å². The van der Waals surface area contributed by atoms with Gasteiger partial charge >= 0.3 is 0 Å². The molecule has 1 fully saturated rings. The monoisotopic (exact) mass is 428 g/mol. The molecule has 1 aliphatic rings. The van der Waals surface area contributed by atoms with E-state index in [9.17, 15) is 13.7 Å². The summed E-state index contributed by atoms with van der Waals surface area (Å²) in [6.45, 7) is -0.0881. The van der Waals surface area contributed by atoms with Crippen LogP contribution in [-0.4, -0.2) is 44.0 Å².